The van der Waals surface area contributed by atoms with E-state index in [9.17, 15) is 9.59 Å². The molecule has 2 fully saturated rings. The largest absolute Gasteiger partial charge is 0.311 e. The van der Waals surface area contributed by atoms with E-state index in [0.29, 0.717) is 13.0 Å². The van der Waals surface area contributed by atoms with Crippen molar-refractivity contribution in [3.05, 3.63) is 29.8 Å². The van der Waals surface area contributed by atoms with Gasteiger partial charge in [-0.3, -0.25) is 14.5 Å². The molecule has 5 heteroatoms. The Labute approximate surface area is 135 Å². The van der Waals surface area contributed by atoms with E-state index in [2.05, 4.69) is 11.0 Å². The summed E-state index contributed by atoms with van der Waals surface area (Å²) in [5.41, 5.74) is 2.23. The van der Waals surface area contributed by atoms with E-state index in [1.807, 2.05) is 23.1 Å². The second kappa shape index (κ2) is 6.84. The third kappa shape index (κ3) is 3.52. The fourth-order valence-corrected chi connectivity index (χ4v) is 4.23. The molecule has 0 spiro atoms. The van der Waals surface area contributed by atoms with Gasteiger partial charge in [-0.15, -0.1) is 0 Å². The van der Waals surface area contributed by atoms with Gasteiger partial charge in [-0.2, -0.15) is 0 Å². The van der Waals surface area contributed by atoms with Gasteiger partial charge in [0.05, 0.1) is 0 Å². The number of rotatable bonds is 4. The first-order valence-corrected chi connectivity index (χ1v) is 8.79. The van der Waals surface area contributed by atoms with Crippen LogP contribution in [0.25, 0.3) is 0 Å². The van der Waals surface area contributed by atoms with Crippen LogP contribution < -0.4 is 4.90 Å². The molecule has 3 rings (SSSR count). The molecular weight excluding hydrogens is 296 g/mol. The fraction of sp³-hybridized carbons (Fsp3) is 0.529. The minimum absolute atomic E-state index is 0.0878. The summed E-state index contributed by atoms with van der Waals surface area (Å²) in [5.74, 6) is 0.132. The number of thioether (sulfide) groups is 1. The highest BCUT2D eigenvalue weighted by Crippen LogP contribution is 2.31. The molecule has 1 aromatic carbocycles. The van der Waals surface area contributed by atoms with Crippen molar-refractivity contribution in [2.45, 2.75) is 38.0 Å². The number of carbonyl (C=O) groups excluding carboxylic acids is 2. The highest BCUT2D eigenvalue weighted by atomic mass is 32.2. The highest BCUT2D eigenvalue weighted by molar-refractivity contribution is 8.14. The molecule has 118 valence electrons. The maximum Gasteiger partial charge on any atom is 0.228 e. The van der Waals surface area contributed by atoms with Crippen molar-refractivity contribution >= 4 is 28.5 Å². The predicted octanol–water partition coefficient (Wildman–Crippen LogP) is 2.67. The molecule has 0 aromatic heterocycles. The molecule has 22 heavy (non-hydrogen) atoms. The van der Waals surface area contributed by atoms with Crippen LogP contribution in [0.15, 0.2) is 24.3 Å². The van der Waals surface area contributed by atoms with Gasteiger partial charge in [0.15, 0.2) is 5.12 Å². The van der Waals surface area contributed by atoms with Gasteiger partial charge in [0, 0.05) is 37.4 Å². The fourth-order valence-electron chi connectivity index (χ4n) is 3.31. The monoisotopic (exact) mass is 318 g/mol. The molecule has 1 amide bonds. The van der Waals surface area contributed by atoms with Crippen LogP contribution in [0.4, 0.5) is 5.69 Å². The van der Waals surface area contributed by atoms with E-state index in [4.69, 9.17) is 0 Å². The van der Waals surface area contributed by atoms with Crippen LogP contribution in [0.3, 0.4) is 0 Å². The summed E-state index contributed by atoms with van der Waals surface area (Å²) in [5, 5.41) is 0.176. The van der Waals surface area contributed by atoms with Gasteiger partial charge in [-0.25, -0.2) is 0 Å². The molecule has 4 nitrogen and oxygen atoms in total. The number of para-hydroxylation sites is 1. The van der Waals surface area contributed by atoms with Gasteiger partial charge < -0.3 is 4.90 Å². The van der Waals surface area contributed by atoms with Gasteiger partial charge >= 0.3 is 0 Å². The van der Waals surface area contributed by atoms with E-state index in [1.165, 1.54) is 30.2 Å². The zero-order chi connectivity index (χ0) is 15.5. The quantitative estimate of drug-likeness (QED) is 0.856. The van der Waals surface area contributed by atoms with Gasteiger partial charge in [-0.05, 0) is 37.6 Å². The molecular formula is C17H22N2O2S. The number of hydrogen-bond acceptors (Lipinski definition) is 4. The maximum atomic E-state index is 12.3. The van der Waals surface area contributed by atoms with Crippen molar-refractivity contribution in [1.82, 2.24) is 4.90 Å². The summed E-state index contributed by atoms with van der Waals surface area (Å²) >= 11 is 1.29. The second-order valence-corrected chi connectivity index (χ2v) is 7.53. The number of nitrogens with zero attached hydrogens (tertiary/aromatic N) is 2. The van der Waals surface area contributed by atoms with Gasteiger partial charge in [-0.1, -0.05) is 30.0 Å². The van der Waals surface area contributed by atoms with Crippen molar-refractivity contribution in [3.8, 4) is 0 Å². The minimum Gasteiger partial charge on any atom is -0.311 e. The minimum atomic E-state index is 0.0878. The van der Waals surface area contributed by atoms with Gasteiger partial charge in [0.1, 0.15) is 0 Å². The van der Waals surface area contributed by atoms with E-state index in [1.54, 1.807) is 6.92 Å². The number of hydrogen-bond donors (Lipinski definition) is 0. The predicted molar refractivity (Wildman–Crippen MR) is 90.0 cm³/mol. The zero-order valence-corrected chi connectivity index (χ0v) is 13.8. The maximum absolute atomic E-state index is 12.3. The van der Waals surface area contributed by atoms with Gasteiger partial charge in [0.2, 0.25) is 5.91 Å². The molecule has 0 N–H and O–H groups in total. The third-order valence-corrected chi connectivity index (χ3v) is 5.28. The SMILES string of the molecule is CC(=O)SC1CC(=O)N(c2ccccc2CN2CCCC2)C1. The molecule has 0 aliphatic carbocycles. The molecule has 1 unspecified atom stereocenters. The summed E-state index contributed by atoms with van der Waals surface area (Å²) in [7, 11) is 0. The Morgan fingerprint density at radius 1 is 1.27 bits per heavy atom. The Morgan fingerprint density at radius 2 is 2.00 bits per heavy atom. The van der Waals surface area contributed by atoms with Crippen molar-refractivity contribution in [1.29, 1.82) is 0 Å². The van der Waals surface area contributed by atoms with E-state index in [-0.39, 0.29) is 16.3 Å². The van der Waals surface area contributed by atoms with Crippen molar-refractivity contribution in [3.63, 3.8) is 0 Å². The van der Waals surface area contributed by atoms with Crippen LogP contribution >= 0.6 is 11.8 Å². The third-order valence-electron chi connectivity index (χ3n) is 4.30. The number of carbonyl (C=O) groups is 2. The molecule has 2 heterocycles. The standard InChI is InChI=1S/C17H22N2O2S/c1-13(20)22-15-10-17(21)19(12-15)16-7-3-2-6-14(16)11-18-8-4-5-9-18/h2-3,6-7,15H,4-5,8-12H2,1H3. The van der Waals surface area contributed by atoms with Crippen LogP contribution in [-0.2, 0) is 16.1 Å². The number of benzene rings is 1. The molecule has 0 radical (unpaired) electrons. The first-order chi connectivity index (χ1) is 10.6. The molecule has 0 saturated carbocycles. The lowest BCUT2D eigenvalue weighted by atomic mass is 10.1. The zero-order valence-electron chi connectivity index (χ0n) is 13.0. The molecule has 2 saturated heterocycles. The van der Waals surface area contributed by atoms with E-state index < -0.39 is 0 Å². The molecule has 2 aliphatic heterocycles. The summed E-state index contributed by atoms with van der Waals surface area (Å²) in [6, 6.07) is 8.18. The Bertz CT molecular complexity index is 570. The smallest absolute Gasteiger partial charge is 0.228 e. The topological polar surface area (TPSA) is 40.6 Å². The first-order valence-electron chi connectivity index (χ1n) is 7.91. The lowest BCUT2D eigenvalue weighted by Gasteiger charge is -2.23. The Balaban J connectivity index is 1.76. The first kappa shape index (κ1) is 15.6. The van der Waals surface area contributed by atoms with Crippen LogP contribution in [-0.4, -0.2) is 40.8 Å². The van der Waals surface area contributed by atoms with Crippen molar-refractivity contribution < 1.29 is 9.59 Å². The molecule has 1 atom stereocenters. The molecule has 1 aromatic rings. The van der Waals surface area contributed by atoms with Crippen LogP contribution in [0.2, 0.25) is 0 Å². The second-order valence-electron chi connectivity index (χ2n) is 6.05. The van der Waals surface area contributed by atoms with E-state index >= 15 is 0 Å². The Morgan fingerprint density at radius 3 is 2.73 bits per heavy atom. The number of anilines is 1. The summed E-state index contributed by atoms with van der Waals surface area (Å²) in [4.78, 5) is 27.9. The lowest BCUT2D eigenvalue weighted by Crippen LogP contribution is -2.27. The summed E-state index contributed by atoms with van der Waals surface area (Å²) in [6.45, 7) is 5.40. The molecule has 2 aliphatic rings. The Kier molecular flexibility index (Phi) is 4.84. The van der Waals surface area contributed by atoms with E-state index in [0.717, 1.165) is 25.3 Å². The van der Waals surface area contributed by atoms with Gasteiger partial charge in [0.25, 0.3) is 0 Å². The summed E-state index contributed by atoms with van der Waals surface area (Å²) < 4.78 is 0. The van der Waals surface area contributed by atoms with Crippen LogP contribution in [0.1, 0.15) is 31.7 Å². The average Bonchev–Trinajstić information content (AvgIpc) is 3.09. The summed E-state index contributed by atoms with van der Waals surface area (Å²) in [6.07, 6.45) is 2.99. The number of likely N-dealkylation sites (tertiary alicyclic amines) is 1. The number of amides is 1. The Hall–Kier alpha value is -1.33. The van der Waals surface area contributed by atoms with Crippen molar-refractivity contribution in [2.24, 2.45) is 0 Å². The van der Waals surface area contributed by atoms with Crippen molar-refractivity contribution in [2.75, 3.05) is 24.5 Å². The van der Waals surface area contributed by atoms with Crippen LogP contribution in [0, 0.1) is 0 Å². The lowest BCUT2D eigenvalue weighted by molar-refractivity contribution is -0.117. The highest BCUT2D eigenvalue weighted by Gasteiger charge is 2.33. The molecule has 0 bridgehead atoms. The van der Waals surface area contributed by atoms with Crippen LogP contribution in [0.5, 0.6) is 0 Å². The normalized spacial score (nSPS) is 22.5. The average molecular weight is 318 g/mol.